The lowest BCUT2D eigenvalue weighted by Gasteiger charge is -2.17. The third-order valence-corrected chi connectivity index (χ3v) is 2.94. The summed E-state index contributed by atoms with van der Waals surface area (Å²) in [5, 5.41) is 0. The van der Waals surface area contributed by atoms with Crippen molar-refractivity contribution in [2.75, 3.05) is 12.8 Å². The molecule has 0 bridgehead atoms. The van der Waals surface area contributed by atoms with E-state index in [1.54, 1.807) is 36.3 Å². The number of anilines is 1. The summed E-state index contributed by atoms with van der Waals surface area (Å²) in [6.45, 7) is 4.26. The number of nitrogens with two attached hydrogens (primary N) is 1. The Balaban J connectivity index is 2.14. The second-order valence-corrected chi connectivity index (χ2v) is 4.89. The molecule has 0 saturated carbocycles. The van der Waals surface area contributed by atoms with Gasteiger partial charge >= 0.3 is 0 Å². The van der Waals surface area contributed by atoms with Gasteiger partial charge in [0.15, 0.2) is 0 Å². The summed E-state index contributed by atoms with van der Waals surface area (Å²) in [5.74, 6) is 0.443. The Labute approximate surface area is 118 Å². The molecule has 104 valence electrons. The first kappa shape index (κ1) is 14.0. The van der Waals surface area contributed by atoms with Crippen molar-refractivity contribution in [2.24, 2.45) is 0 Å². The summed E-state index contributed by atoms with van der Waals surface area (Å²) in [5.41, 5.74) is 8.83. The van der Waals surface area contributed by atoms with Crippen LogP contribution in [0.4, 0.5) is 5.82 Å². The number of amides is 1. The van der Waals surface area contributed by atoms with Crippen LogP contribution in [-0.2, 0) is 6.54 Å². The summed E-state index contributed by atoms with van der Waals surface area (Å²) in [6, 6.07) is 7.20. The Morgan fingerprint density at radius 2 is 1.90 bits per heavy atom. The number of rotatable bonds is 3. The first-order chi connectivity index (χ1) is 9.45. The number of carbonyl (C=O) groups excluding carboxylic acids is 1. The highest BCUT2D eigenvalue weighted by Gasteiger charge is 2.13. The molecule has 0 aromatic carbocycles. The number of nitrogen functional groups attached to an aromatic ring is 1. The number of aromatic nitrogens is 2. The second kappa shape index (κ2) is 5.69. The SMILES string of the molecule is Cc1cc(C(=O)N(C)Cc2ccc(N)nc2)cc(C)n1. The molecule has 5 heteroatoms. The number of hydrogen-bond donors (Lipinski definition) is 1. The summed E-state index contributed by atoms with van der Waals surface area (Å²) in [4.78, 5) is 22.3. The minimum absolute atomic E-state index is 0.0320. The van der Waals surface area contributed by atoms with E-state index in [9.17, 15) is 4.79 Å². The summed E-state index contributed by atoms with van der Waals surface area (Å²) < 4.78 is 0. The Morgan fingerprint density at radius 3 is 2.45 bits per heavy atom. The standard InChI is InChI=1S/C15H18N4O/c1-10-6-13(7-11(2)18-10)15(20)19(3)9-12-4-5-14(16)17-8-12/h4-8H,9H2,1-3H3,(H2,16,17). The first-order valence-electron chi connectivity index (χ1n) is 6.37. The van der Waals surface area contributed by atoms with Crippen LogP contribution in [0.1, 0.15) is 27.3 Å². The maximum Gasteiger partial charge on any atom is 0.254 e. The van der Waals surface area contributed by atoms with Crippen LogP contribution in [0.3, 0.4) is 0 Å². The summed E-state index contributed by atoms with van der Waals surface area (Å²) in [6.07, 6.45) is 1.68. The van der Waals surface area contributed by atoms with Gasteiger partial charge in [-0.2, -0.15) is 0 Å². The first-order valence-corrected chi connectivity index (χ1v) is 6.37. The van der Waals surface area contributed by atoms with Crippen molar-refractivity contribution in [3.05, 3.63) is 53.0 Å². The lowest BCUT2D eigenvalue weighted by atomic mass is 10.1. The molecule has 2 N–H and O–H groups in total. The van der Waals surface area contributed by atoms with Crippen molar-refractivity contribution in [3.8, 4) is 0 Å². The topological polar surface area (TPSA) is 72.1 Å². The fourth-order valence-corrected chi connectivity index (χ4v) is 2.05. The van der Waals surface area contributed by atoms with Gasteiger partial charge in [0.1, 0.15) is 5.82 Å². The maximum absolute atomic E-state index is 12.4. The third kappa shape index (κ3) is 3.32. The molecule has 2 rings (SSSR count). The van der Waals surface area contributed by atoms with Gasteiger partial charge in [-0.1, -0.05) is 6.07 Å². The van der Waals surface area contributed by atoms with Crippen LogP contribution in [0.25, 0.3) is 0 Å². The van der Waals surface area contributed by atoms with E-state index >= 15 is 0 Å². The van der Waals surface area contributed by atoms with Crippen LogP contribution >= 0.6 is 0 Å². The van der Waals surface area contributed by atoms with Gasteiger partial charge in [0.05, 0.1) is 0 Å². The number of pyridine rings is 2. The molecule has 0 spiro atoms. The number of hydrogen-bond acceptors (Lipinski definition) is 4. The van der Waals surface area contributed by atoms with Gasteiger partial charge < -0.3 is 10.6 Å². The lowest BCUT2D eigenvalue weighted by molar-refractivity contribution is 0.0784. The van der Waals surface area contributed by atoms with Gasteiger partial charge in [0.2, 0.25) is 0 Å². The Kier molecular flexibility index (Phi) is 3.98. The van der Waals surface area contributed by atoms with Crippen LogP contribution in [-0.4, -0.2) is 27.8 Å². The minimum atomic E-state index is -0.0320. The molecule has 0 radical (unpaired) electrons. The molecule has 0 saturated heterocycles. The van der Waals surface area contributed by atoms with Crippen molar-refractivity contribution < 1.29 is 4.79 Å². The summed E-state index contributed by atoms with van der Waals surface area (Å²) >= 11 is 0. The van der Waals surface area contributed by atoms with E-state index in [0.29, 0.717) is 17.9 Å². The molecule has 2 heterocycles. The fraction of sp³-hybridized carbons (Fsp3) is 0.267. The van der Waals surface area contributed by atoms with Crippen molar-refractivity contribution in [1.82, 2.24) is 14.9 Å². The highest BCUT2D eigenvalue weighted by atomic mass is 16.2. The molecular formula is C15H18N4O. The normalized spacial score (nSPS) is 10.3. The van der Waals surface area contributed by atoms with E-state index in [1.165, 1.54) is 0 Å². The average Bonchev–Trinajstić information content (AvgIpc) is 2.39. The average molecular weight is 270 g/mol. The predicted molar refractivity (Wildman–Crippen MR) is 78.2 cm³/mol. The third-order valence-electron chi connectivity index (χ3n) is 2.94. The van der Waals surface area contributed by atoms with Crippen LogP contribution in [0, 0.1) is 13.8 Å². The molecule has 0 aliphatic rings. The highest BCUT2D eigenvalue weighted by Crippen LogP contribution is 2.11. The molecule has 1 amide bonds. The fourth-order valence-electron chi connectivity index (χ4n) is 2.05. The molecule has 0 aliphatic carbocycles. The monoisotopic (exact) mass is 270 g/mol. The van der Waals surface area contributed by atoms with Crippen molar-refractivity contribution in [2.45, 2.75) is 20.4 Å². The van der Waals surface area contributed by atoms with Crippen molar-refractivity contribution in [1.29, 1.82) is 0 Å². The Hall–Kier alpha value is -2.43. The van der Waals surface area contributed by atoms with Gasteiger partial charge in [0, 0.05) is 36.7 Å². The van der Waals surface area contributed by atoms with Crippen LogP contribution in [0.15, 0.2) is 30.5 Å². The smallest absolute Gasteiger partial charge is 0.254 e. The van der Waals surface area contributed by atoms with Gasteiger partial charge in [-0.25, -0.2) is 4.98 Å². The number of carbonyl (C=O) groups is 1. The van der Waals surface area contributed by atoms with Gasteiger partial charge in [-0.15, -0.1) is 0 Å². The molecule has 2 aromatic heterocycles. The quantitative estimate of drug-likeness (QED) is 0.925. The van der Waals surface area contributed by atoms with E-state index in [4.69, 9.17) is 5.73 Å². The molecule has 20 heavy (non-hydrogen) atoms. The van der Waals surface area contributed by atoms with Crippen LogP contribution in [0.2, 0.25) is 0 Å². The zero-order valence-electron chi connectivity index (χ0n) is 11.9. The Morgan fingerprint density at radius 1 is 1.25 bits per heavy atom. The molecular weight excluding hydrogens is 252 g/mol. The molecule has 0 atom stereocenters. The van der Waals surface area contributed by atoms with E-state index in [-0.39, 0.29) is 5.91 Å². The van der Waals surface area contributed by atoms with E-state index in [2.05, 4.69) is 9.97 Å². The van der Waals surface area contributed by atoms with Gasteiger partial charge in [-0.3, -0.25) is 9.78 Å². The van der Waals surface area contributed by atoms with Crippen molar-refractivity contribution >= 4 is 11.7 Å². The van der Waals surface area contributed by atoms with E-state index < -0.39 is 0 Å². The second-order valence-electron chi connectivity index (χ2n) is 4.89. The minimum Gasteiger partial charge on any atom is -0.384 e. The number of aryl methyl sites for hydroxylation is 2. The van der Waals surface area contributed by atoms with E-state index in [0.717, 1.165) is 17.0 Å². The molecule has 0 aliphatic heterocycles. The van der Waals surface area contributed by atoms with E-state index in [1.807, 2.05) is 19.9 Å². The van der Waals surface area contributed by atoms with Crippen molar-refractivity contribution in [3.63, 3.8) is 0 Å². The van der Waals surface area contributed by atoms with Crippen LogP contribution in [0.5, 0.6) is 0 Å². The largest absolute Gasteiger partial charge is 0.384 e. The predicted octanol–water partition coefficient (Wildman–Crippen LogP) is 1.95. The van der Waals surface area contributed by atoms with Crippen LogP contribution < -0.4 is 5.73 Å². The zero-order chi connectivity index (χ0) is 14.7. The molecule has 0 unspecified atom stereocenters. The Bertz CT molecular complexity index is 602. The number of nitrogens with zero attached hydrogens (tertiary/aromatic N) is 3. The maximum atomic E-state index is 12.4. The molecule has 2 aromatic rings. The van der Waals surface area contributed by atoms with Gasteiger partial charge in [-0.05, 0) is 37.6 Å². The highest BCUT2D eigenvalue weighted by molar-refractivity contribution is 5.94. The molecule has 5 nitrogen and oxygen atoms in total. The zero-order valence-corrected chi connectivity index (χ0v) is 11.9. The summed E-state index contributed by atoms with van der Waals surface area (Å²) in [7, 11) is 1.77. The van der Waals surface area contributed by atoms with Gasteiger partial charge in [0.25, 0.3) is 5.91 Å². The molecule has 0 fully saturated rings. The lowest BCUT2D eigenvalue weighted by Crippen LogP contribution is -2.26.